The number of ether oxygens (including phenoxy) is 1. The summed E-state index contributed by atoms with van der Waals surface area (Å²) in [4.78, 5) is 14.2. The Morgan fingerprint density at radius 2 is 1.67 bits per heavy atom. The molecule has 2 aromatic carbocycles. The first-order chi connectivity index (χ1) is 15.9. The molecule has 7 nitrogen and oxygen atoms in total. The Kier molecular flexibility index (Phi) is 9.72. The van der Waals surface area contributed by atoms with Crippen molar-refractivity contribution in [3.63, 3.8) is 0 Å². The standard InChI is InChI=1S/C25H34N2O5S/c28-25(29)24(26-33(30,31)20-22-9-3-1-4-10-22)19-21-11-13-23(14-12-21)32-18-8-7-17-27-15-5-2-6-16-27/h1,3-4,9-14,24,26H,2,5-8,15-20H2,(H,28,29). The van der Waals surface area contributed by atoms with Crippen molar-refractivity contribution >= 4 is 16.0 Å². The molecule has 1 saturated heterocycles. The van der Waals surface area contributed by atoms with Crippen LogP contribution < -0.4 is 9.46 Å². The molecular weight excluding hydrogens is 440 g/mol. The third kappa shape index (κ3) is 9.15. The van der Waals surface area contributed by atoms with Gasteiger partial charge >= 0.3 is 5.97 Å². The molecule has 0 aliphatic carbocycles. The van der Waals surface area contributed by atoms with Gasteiger partial charge in [0.25, 0.3) is 0 Å². The van der Waals surface area contributed by atoms with E-state index in [9.17, 15) is 18.3 Å². The largest absolute Gasteiger partial charge is 0.494 e. The number of hydrogen-bond donors (Lipinski definition) is 2. The smallest absolute Gasteiger partial charge is 0.322 e. The molecule has 0 aromatic heterocycles. The quantitative estimate of drug-likeness (QED) is 0.432. The number of sulfonamides is 1. The molecule has 8 heteroatoms. The molecule has 0 bridgehead atoms. The van der Waals surface area contributed by atoms with Crippen LogP contribution in [0.5, 0.6) is 5.75 Å². The van der Waals surface area contributed by atoms with Crippen molar-refractivity contribution in [2.75, 3.05) is 26.2 Å². The number of carboxylic acids is 1. The first-order valence-electron chi connectivity index (χ1n) is 11.6. The summed E-state index contributed by atoms with van der Waals surface area (Å²) in [6.07, 6.45) is 6.12. The van der Waals surface area contributed by atoms with Gasteiger partial charge in [0.05, 0.1) is 12.4 Å². The minimum Gasteiger partial charge on any atom is -0.494 e. The summed E-state index contributed by atoms with van der Waals surface area (Å²) in [5, 5.41) is 9.52. The lowest BCUT2D eigenvalue weighted by Gasteiger charge is -2.26. The minimum absolute atomic E-state index is 0.0550. The molecule has 0 saturated carbocycles. The molecule has 33 heavy (non-hydrogen) atoms. The summed E-state index contributed by atoms with van der Waals surface area (Å²) >= 11 is 0. The molecule has 180 valence electrons. The van der Waals surface area contributed by atoms with Gasteiger partial charge in [0.15, 0.2) is 0 Å². The van der Waals surface area contributed by atoms with Crippen LogP contribution in [0.4, 0.5) is 0 Å². The second-order valence-corrected chi connectivity index (χ2v) is 10.3. The Hall–Kier alpha value is -2.42. The number of carboxylic acid groups (broad SMARTS) is 1. The van der Waals surface area contributed by atoms with E-state index in [1.165, 1.54) is 32.4 Å². The zero-order valence-corrected chi connectivity index (χ0v) is 19.8. The predicted octanol–water partition coefficient (Wildman–Crippen LogP) is 3.45. The fourth-order valence-electron chi connectivity index (χ4n) is 4.00. The molecule has 1 fully saturated rings. The number of rotatable bonds is 13. The summed E-state index contributed by atoms with van der Waals surface area (Å²) in [5.74, 6) is -0.740. The Bertz CT molecular complexity index is 958. The highest BCUT2D eigenvalue weighted by atomic mass is 32.2. The Morgan fingerprint density at radius 1 is 0.970 bits per heavy atom. The molecule has 1 aliphatic heterocycles. The molecule has 0 radical (unpaired) electrons. The van der Waals surface area contributed by atoms with Gasteiger partial charge in [-0.25, -0.2) is 13.1 Å². The maximum absolute atomic E-state index is 12.4. The fourth-order valence-corrected chi connectivity index (χ4v) is 5.33. The van der Waals surface area contributed by atoms with E-state index >= 15 is 0 Å². The van der Waals surface area contributed by atoms with Crippen molar-refractivity contribution in [2.45, 2.75) is 50.3 Å². The van der Waals surface area contributed by atoms with E-state index in [1.807, 2.05) is 0 Å². The minimum atomic E-state index is -3.79. The number of carbonyl (C=O) groups is 1. The third-order valence-electron chi connectivity index (χ3n) is 5.77. The molecule has 0 spiro atoms. The normalized spacial score (nSPS) is 15.8. The first-order valence-corrected chi connectivity index (χ1v) is 13.3. The van der Waals surface area contributed by atoms with Crippen LogP contribution in [0.2, 0.25) is 0 Å². The molecule has 1 unspecified atom stereocenters. The van der Waals surface area contributed by atoms with Gasteiger partial charge in [-0.3, -0.25) is 4.79 Å². The number of nitrogens with zero attached hydrogens (tertiary/aromatic N) is 1. The highest BCUT2D eigenvalue weighted by molar-refractivity contribution is 7.88. The Morgan fingerprint density at radius 3 is 2.33 bits per heavy atom. The zero-order valence-electron chi connectivity index (χ0n) is 19.0. The number of nitrogens with one attached hydrogen (secondary N) is 1. The van der Waals surface area contributed by atoms with Crippen LogP contribution in [-0.4, -0.2) is 56.7 Å². The van der Waals surface area contributed by atoms with E-state index in [2.05, 4.69) is 9.62 Å². The summed E-state index contributed by atoms with van der Waals surface area (Å²) in [6.45, 7) is 4.19. The fraction of sp³-hybridized carbons (Fsp3) is 0.480. The number of hydrogen-bond acceptors (Lipinski definition) is 5. The average molecular weight is 475 g/mol. The van der Waals surface area contributed by atoms with Crippen LogP contribution in [0.15, 0.2) is 54.6 Å². The number of likely N-dealkylation sites (tertiary alicyclic amines) is 1. The molecule has 1 heterocycles. The van der Waals surface area contributed by atoms with E-state index in [0.29, 0.717) is 12.2 Å². The van der Waals surface area contributed by atoms with E-state index in [4.69, 9.17) is 4.74 Å². The first kappa shape index (κ1) is 25.2. The van der Waals surface area contributed by atoms with Crippen molar-refractivity contribution in [1.29, 1.82) is 0 Å². The van der Waals surface area contributed by atoms with Crippen molar-refractivity contribution in [2.24, 2.45) is 0 Å². The van der Waals surface area contributed by atoms with Gasteiger partial charge in [-0.15, -0.1) is 0 Å². The summed E-state index contributed by atoms with van der Waals surface area (Å²) in [5.41, 5.74) is 1.33. The van der Waals surface area contributed by atoms with Crippen LogP contribution in [0.3, 0.4) is 0 Å². The van der Waals surface area contributed by atoms with Gasteiger partial charge in [-0.05, 0) is 75.0 Å². The number of piperidine rings is 1. The molecule has 0 amide bonds. The van der Waals surface area contributed by atoms with E-state index in [1.54, 1.807) is 54.6 Å². The molecule has 2 aromatic rings. The van der Waals surface area contributed by atoms with Crippen LogP contribution in [0.25, 0.3) is 0 Å². The summed E-state index contributed by atoms with van der Waals surface area (Å²) in [6, 6.07) is 14.6. The second-order valence-electron chi connectivity index (χ2n) is 8.56. The SMILES string of the molecule is O=C(O)C(Cc1ccc(OCCCCN2CCCCC2)cc1)NS(=O)(=O)Cc1ccccc1. The number of aliphatic carboxylic acids is 1. The van der Waals surface area contributed by atoms with Crippen LogP contribution in [0, 0.1) is 0 Å². The average Bonchev–Trinajstić information content (AvgIpc) is 2.80. The van der Waals surface area contributed by atoms with Crippen LogP contribution >= 0.6 is 0 Å². The van der Waals surface area contributed by atoms with Gasteiger partial charge in [-0.1, -0.05) is 48.9 Å². The lowest BCUT2D eigenvalue weighted by Crippen LogP contribution is -2.42. The second kappa shape index (κ2) is 12.7. The number of unbranched alkanes of at least 4 members (excludes halogenated alkanes) is 1. The predicted molar refractivity (Wildman–Crippen MR) is 129 cm³/mol. The van der Waals surface area contributed by atoms with Gasteiger partial charge in [0.2, 0.25) is 10.0 Å². The topological polar surface area (TPSA) is 95.9 Å². The number of benzene rings is 2. The third-order valence-corrected chi connectivity index (χ3v) is 7.13. The van der Waals surface area contributed by atoms with Crippen LogP contribution in [0.1, 0.15) is 43.2 Å². The van der Waals surface area contributed by atoms with E-state index in [0.717, 1.165) is 30.7 Å². The maximum Gasteiger partial charge on any atom is 0.322 e. The van der Waals surface area contributed by atoms with Crippen molar-refractivity contribution in [1.82, 2.24) is 9.62 Å². The molecule has 1 atom stereocenters. The van der Waals surface area contributed by atoms with Gasteiger partial charge in [-0.2, -0.15) is 0 Å². The molecule has 3 rings (SSSR count). The lowest BCUT2D eigenvalue weighted by molar-refractivity contribution is -0.138. The van der Waals surface area contributed by atoms with Crippen molar-refractivity contribution < 1.29 is 23.1 Å². The Balaban J connectivity index is 1.44. The Labute approximate surface area is 196 Å². The lowest BCUT2D eigenvalue weighted by atomic mass is 10.1. The van der Waals surface area contributed by atoms with Crippen LogP contribution in [-0.2, 0) is 27.0 Å². The molecule has 1 aliphatic rings. The highest BCUT2D eigenvalue weighted by Gasteiger charge is 2.24. The van der Waals surface area contributed by atoms with Crippen molar-refractivity contribution in [3.8, 4) is 5.75 Å². The maximum atomic E-state index is 12.4. The van der Waals surface area contributed by atoms with Gasteiger partial charge in [0.1, 0.15) is 11.8 Å². The van der Waals surface area contributed by atoms with E-state index < -0.39 is 22.0 Å². The van der Waals surface area contributed by atoms with Gasteiger partial charge in [0, 0.05) is 0 Å². The summed E-state index contributed by atoms with van der Waals surface area (Å²) < 4.78 is 33.0. The zero-order chi connectivity index (χ0) is 23.5. The van der Waals surface area contributed by atoms with Gasteiger partial charge < -0.3 is 14.7 Å². The molecular formula is C25H34N2O5S. The highest BCUT2D eigenvalue weighted by Crippen LogP contribution is 2.15. The van der Waals surface area contributed by atoms with Crippen molar-refractivity contribution in [3.05, 3.63) is 65.7 Å². The monoisotopic (exact) mass is 474 g/mol. The summed E-state index contributed by atoms with van der Waals surface area (Å²) in [7, 11) is -3.79. The molecule has 2 N–H and O–H groups in total. The van der Waals surface area contributed by atoms with E-state index in [-0.39, 0.29) is 12.2 Å².